The molecule has 0 aromatic carbocycles. The lowest BCUT2D eigenvalue weighted by atomic mass is 10.2. The van der Waals surface area contributed by atoms with Crippen molar-refractivity contribution in [3.05, 3.63) is 6.42 Å². The molecule has 0 spiro atoms. The van der Waals surface area contributed by atoms with E-state index < -0.39 is 6.03 Å². The largest absolute Gasteiger partial charge is 0.395 e. The van der Waals surface area contributed by atoms with Gasteiger partial charge in [-0.1, -0.05) is 0 Å². The summed E-state index contributed by atoms with van der Waals surface area (Å²) in [5.41, 5.74) is 0. The van der Waals surface area contributed by atoms with Gasteiger partial charge in [-0.2, -0.15) is 0 Å². The van der Waals surface area contributed by atoms with Crippen molar-refractivity contribution in [2.24, 2.45) is 0 Å². The van der Waals surface area contributed by atoms with Gasteiger partial charge in [-0.15, -0.1) is 0 Å². The van der Waals surface area contributed by atoms with Gasteiger partial charge in [0.15, 0.2) is 6.42 Å². The van der Waals surface area contributed by atoms with Gasteiger partial charge >= 0.3 is 6.03 Å². The summed E-state index contributed by atoms with van der Waals surface area (Å²) in [5, 5.41) is 11.0. The van der Waals surface area contributed by atoms with E-state index in [0.717, 1.165) is 12.8 Å². The fraction of sp³-hybridized carbons (Fsp3) is 0.667. The number of aliphatic hydroxyl groups excluding tert-OH is 1. The Morgan fingerprint density at radius 2 is 2.43 bits per heavy atom. The predicted molar refractivity (Wildman–Crippen MR) is 50.3 cm³/mol. The molecule has 1 rings (SSSR count). The molecule has 0 unspecified atom stereocenters. The first kappa shape index (κ1) is 10.8. The number of carbonyl (C=O) groups excluding carboxylic acids is 2. The molecule has 0 saturated carbocycles. The highest BCUT2D eigenvalue weighted by Crippen LogP contribution is 2.09. The monoisotopic (exact) mass is 199 g/mol. The van der Waals surface area contributed by atoms with Gasteiger partial charge in [0.2, 0.25) is 0 Å². The highest BCUT2D eigenvalue weighted by Gasteiger charge is 2.26. The van der Waals surface area contributed by atoms with Crippen molar-refractivity contribution in [2.45, 2.75) is 19.3 Å². The molecule has 1 aliphatic heterocycles. The molecule has 1 aliphatic rings. The Bertz CT molecular complexity index is 218. The molecule has 0 aromatic heterocycles. The molecular weight excluding hydrogens is 184 g/mol. The van der Waals surface area contributed by atoms with Gasteiger partial charge in [0, 0.05) is 19.5 Å². The molecule has 0 radical (unpaired) electrons. The summed E-state index contributed by atoms with van der Waals surface area (Å²) in [7, 11) is 0. The molecule has 14 heavy (non-hydrogen) atoms. The minimum absolute atomic E-state index is 0.111. The fourth-order valence-electron chi connectivity index (χ4n) is 1.33. The Balaban J connectivity index is 2.46. The highest BCUT2D eigenvalue weighted by atomic mass is 16.3. The third kappa shape index (κ3) is 2.92. The maximum atomic E-state index is 11.4. The van der Waals surface area contributed by atoms with Crippen LogP contribution in [0.5, 0.6) is 0 Å². The number of urea groups is 1. The maximum absolute atomic E-state index is 11.4. The Morgan fingerprint density at radius 1 is 1.64 bits per heavy atom. The molecule has 78 valence electrons. The molecule has 0 aliphatic carbocycles. The van der Waals surface area contributed by atoms with Crippen molar-refractivity contribution < 1.29 is 14.7 Å². The Morgan fingerprint density at radius 3 is 3.14 bits per heavy atom. The smallest absolute Gasteiger partial charge is 0.324 e. The summed E-state index contributed by atoms with van der Waals surface area (Å²) >= 11 is 0. The lowest BCUT2D eigenvalue weighted by molar-refractivity contribution is -0.127. The zero-order chi connectivity index (χ0) is 10.4. The predicted octanol–water partition coefficient (Wildman–Crippen LogP) is -0.0949. The number of imide groups is 1. The van der Waals surface area contributed by atoms with E-state index in [4.69, 9.17) is 5.11 Å². The van der Waals surface area contributed by atoms with Gasteiger partial charge in [0.1, 0.15) is 0 Å². The van der Waals surface area contributed by atoms with E-state index in [2.05, 4.69) is 5.32 Å². The average molecular weight is 199 g/mol. The number of aliphatic hydroxyl groups is 1. The minimum Gasteiger partial charge on any atom is -0.395 e. The molecule has 0 atom stereocenters. The van der Waals surface area contributed by atoms with Crippen molar-refractivity contribution in [2.75, 3.05) is 19.7 Å². The third-order valence-corrected chi connectivity index (χ3v) is 2.04. The second kappa shape index (κ2) is 5.49. The molecule has 0 aromatic rings. The van der Waals surface area contributed by atoms with Crippen molar-refractivity contribution in [1.82, 2.24) is 10.2 Å². The summed E-state index contributed by atoms with van der Waals surface area (Å²) < 4.78 is 0. The van der Waals surface area contributed by atoms with E-state index in [1.807, 2.05) is 6.42 Å². The number of nitrogens with one attached hydrogen (secondary N) is 1. The van der Waals surface area contributed by atoms with Crippen LogP contribution in [0.3, 0.4) is 0 Å². The second-order valence-corrected chi connectivity index (χ2v) is 3.14. The van der Waals surface area contributed by atoms with Crippen LogP contribution < -0.4 is 5.32 Å². The molecule has 1 saturated heterocycles. The van der Waals surface area contributed by atoms with Crippen molar-refractivity contribution in [3.8, 4) is 0 Å². The number of likely N-dealkylation sites (tertiary alicyclic amines) is 1. The Kier molecular flexibility index (Phi) is 4.25. The quantitative estimate of drug-likeness (QED) is 0.610. The lowest BCUT2D eigenvalue weighted by Gasteiger charge is -2.17. The van der Waals surface area contributed by atoms with Crippen LogP contribution in [0.4, 0.5) is 4.79 Å². The van der Waals surface area contributed by atoms with Crippen LogP contribution in [-0.2, 0) is 4.79 Å². The molecule has 3 amide bonds. The van der Waals surface area contributed by atoms with Crippen molar-refractivity contribution in [3.63, 3.8) is 0 Å². The molecule has 5 nitrogen and oxygen atoms in total. The van der Waals surface area contributed by atoms with Crippen LogP contribution in [0.15, 0.2) is 0 Å². The van der Waals surface area contributed by atoms with Gasteiger partial charge in [-0.3, -0.25) is 9.69 Å². The first-order chi connectivity index (χ1) is 6.75. The van der Waals surface area contributed by atoms with Crippen LogP contribution in [0.25, 0.3) is 0 Å². The van der Waals surface area contributed by atoms with Crippen LogP contribution in [0, 0.1) is 6.42 Å². The first-order valence-corrected chi connectivity index (χ1v) is 4.76. The maximum Gasteiger partial charge on any atom is 0.324 e. The average Bonchev–Trinajstić information content (AvgIpc) is 2.39. The van der Waals surface area contributed by atoms with E-state index in [9.17, 15) is 9.59 Å². The van der Waals surface area contributed by atoms with Gasteiger partial charge in [-0.25, -0.2) is 4.79 Å². The number of rotatable bonds is 2. The number of nitrogens with zero attached hydrogens (tertiary/aromatic N) is 1. The molecular formula is C9H15N2O3+. The van der Waals surface area contributed by atoms with Crippen molar-refractivity contribution in [1.29, 1.82) is 0 Å². The standard InChI is InChI=1S/C9H14N2O3/c12-7-5-10-9(14)11-6-3-1-2-4-8(11)13/h2,12H,1,3-7H2/p+1. The summed E-state index contributed by atoms with van der Waals surface area (Å²) in [6.07, 6.45) is 3.90. The van der Waals surface area contributed by atoms with E-state index in [1.165, 1.54) is 4.90 Å². The summed E-state index contributed by atoms with van der Waals surface area (Å²) in [6.45, 7) is 0.540. The summed E-state index contributed by atoms with van der Waals surface area (Å²) in [4.78, 5) is 24.0. The Labute approximate surface area is 83.1 Å². The zero-order valence-electron chi connectivity index (χ0n) is 8.03. The fourth-order valence-corrected chi connectivity index (χ4v) is 1.33. The number of carbonyl (C=O) groups is 2. The van der Waals surface area contributed by atoms with E-state index in [0.29, 0.717) is 13.0 Å². The molecule has 0 bridgehead atoms. The molecule has 5 heteroatoms. The van der Waals surface area contributed by atoms with Gasteiger partial charge in [0.25, 0.3) is 5.91 Å². The van der Waals surface area contributed by atoms with E-state index >= 15 is 0 Å². The molecule has 2 N–H and O–H groups in total. The van der Waals surface area contributed by atoms with Crippen LogP contribution in [0.2, 0.25) is 0 Å². The number of amides is 3. The van der Waals surface area contributed by atoms with Crippen LogP contribution >= 0.6 is 0 Å². The number of hydrogen-bond acceptors (Lipinski definition) is 3. The SMILES string of the molecule is O=C1C[CH+]CCCN1C(=O)NCCO. The zero-order valence-corrected chi connectivity index (χ0v) is 8.03. The van der Waals surface area contributed by atoms with Gasteiger partial charge in [-0.05, 0) is 0 Å². The first-order valence-electron chi connectivity index (χ1n) is 4.76. The molecule has 1 heterocycles. The van der Waals surface area contributed by atoms with E-state index in [1.54, 1.807) is 0 Å². The second-order valence-electron chi connectivity index (χ2n) is 3.14. The van der Waals surface area contributed by atoms with Crippen LogP contribution in [0.1, 0.15) is 19.3 Å². The molecule has 1 fully saturated rings. The van der Waals surface area contributed by atoms with Crippen molar-refractivity contribution >= 4 is 11.9 Å². The minimum atomic E-state index is -0.403. The topological polar surface area (TPSA) is 69.6 Å². The normalized spacial score (nSPS) is 17.2. The third-order valence-electron chi connectivity index (χ3n) is 2.04. The summed E-state index contributed by atoms with van der Waals surface area (Å²) in [6, 6.07) is -0.403. The summed E-state index contributed by atoms with van der Waals surface area (Å²) in [5.74, 6) is -0.169. The van der Waals surface area contributed by atoms with Crippen LogP contribution in [-0.4, -0.2) is 41.6 Å². The Hall–Kier alpha value is -1.23. The van der Waals surface area contributed by atoms with Gasteiger partial charge < -0.3 is 10.4 Å². The lowest BCUT2D eigenvalue weighted by Crippen LogP contribution is -2.44. The van der Waals surface area contributed by atoms with E-state index in [-0.39, 0.29) is 19.1 Å². The highest BCUT2D eigenvalue weighted by molar-refractivity contribution is 5.95. The number of hydrogen-bond donors (Lipinski definition) is 2. The van der Waals surface area contributed by atoms with Gasteiger partial charge in [0.05, 0.1) is 19.4 Å².